The summed E-state index contributed by atoms with van der Waals surface area (Å²) in [5.41, 5.74) is 1.24. The number of furan rings is 1. The first-order valence-electron chi connectivity index (χ1n) is 9.76. The fraction of sp³-hybridized carbons (Fsp3) is 0.286. The van der Waals surface area contributed by atoms with E-state index in [0.717, 1.165) is 37.8 Å². The molecule has 1 fully saturated rings. The lowest BCUT2D eigenvalue weighted by Crippen LogP contribution is -2.46. The molecule has 2 N–H and O–H groups in total. The van der Waals surface area contributed by atoms with Crippen molar-refractivity contribution in [2.24, 2.45) is 0 Å². The molecule has 8 nitrogen and oxygen atoms in total. The lowest BCUT2D eigenvalue weighted by atomic mass is 10.2. The molecule has 0 bridgehead atoms. The van der Waals surface area contributed by atoms with Crippen molar-refractivity contribution in [1.29, 1.82) is 0 Å². The maximum atomic E-state index is 5.37. The number of nitrogens with one attached hydrogen (secondary N) is 2. The van der Waals surface area contributed by atoms with Gasteiger partial charge in [-0.15, -0.1) is 0 Å². The van der Waals surface area contributed by atoms with E-state index in [9.17, 15) is 0 Å². The Bertz CT molecular complexity index is 959. The van der Waals surface area contributed by atoms with E-state index in [1.165, 1.54) is 5.69 Å². The average molecular weight is 425 g/mol. The number of ether oxygens (including phenoxy) is 1. The minimum atomic E-state index is 0.395. The minimum absolute atomic E-state index is 0.395. The monoisotopic (exact) mass is 424 g/mol. The highest BCUT2D eigenvalue weighted by molar-refractivity contribution is 7.80. The molecule has 1 aromatic carbocycles. The fourth-order valence-electron chi connectivity index (χ4n) is 3.29. The summed E-state index contributed by atoms with van der Waals surface area (Å²) < 4.78 is 10.7. The van der Waals surface area contributed by atoms with Gasteiger partial charge in [-0.2, -0.15) is 9.97 Å². The Balaban J connectivity index is 1.39. The molecule has 3 aromatic rings. The zero-order valence-corrected chi connectivity index (χ0v) is 17.6. The third kappa shape index (κ3) is 4.98. The number of benzene rings is 1. The second kappa shape index (κ2) is 9.45. The molecular weight excluding hydrogens is 400 g/mol. The highest BCUT2D eigenvalue weighted by Crippen LogP contribution is 2.23. The van der Waals surface area contributed by atoms with Gasteiger partial charge in [0.2, 0.25) is 11.8 Å². The lowest BCUT2D eigenvalue weighted by molar-refractivity contribution is 0.397. The number of anilines is 3. The molecule has 0 amide bonds. The summed E-state index contributed by atoms with van der Waals surface area (Å²) >= 11 is 5.35. The SMILES string of the molecule is COc1cc(N2CCN(c3ccccc3)CC2)nc(NC(=S)NCc2ccco2)n1. The van der Waals surface area contributed by atoms with Crippen molar-refractivity contribution in [3.8, 4) is 5.88 Å². The van der Waals surface area contributed by atoms with Gasteiger partial charge in [0.1, 0.15) is 11.6 Å². The summed E-state index contributed by atoms with van der Waals surface area (Å²) in [5, 5.41) is 6.53. The van der Waals surface area contributed by atoms with Crippen LogP contribution in [-0.4, -0.2) is 48.4 Å². The summed E-state index contributed by atoms with van der Waals surface area (Å²) in [4.78, 5) is 13.6. The third-order valence-corrected chi connectivity index (χ3v) is 5.10. The fourth-order valence-corrected chi connectivity index (χ4v) is 3.46. The number of thiocarbonyl (C=S) groups is 1. The number of piperazine rings is 1. The molecule has 0 atom stereocenters. The van der Waals surface area contributed by atoms with Gasteiger partial charge in [0, 0.05) is 37.9 Å². The van der Waals surface area contributed by atoms with Crippen LogP contribution in [0.3, 0.4) is 0 Å². The standard InChI is InChI=1S/C21H24N6O2S/c1-28-19-14-18(27-11-9-26(10-12-27)16-6-3-2-4-7-16)23-20(24-19)25-21(30)22-15-17-8-5-13-29-17/h2-8,13-14H,9-12,15H2,1H3,(H2,22,23,24,25,30). The molecule has 0 spiro atoms. The van der Waals surface area contributed by atoms with Crippen molar-refractivity contribution < 1.29 is 9.15 Å². The molecule has 0 unspecified atom stereocenters. The van der Waals surface area contributed by atoms with E-state index in [1.54, 1.807) is 13.4 Å². The molecule has 9 heteroatoms. The van der Waals surface area contributed by atoms with Crippen LogP contribution in [0.1, 0.15) is 5.76 Å². The van der Waals surface area contributed by atoms with Crippen LogP contribution < -0.4 is 25.2 Å². The highest BCUT2D eigenvalue weighted by atomic mass is 32.1. The van der Waals surface area contributed by atoms with Gasteiger partial charge in [0.25, 0.3) is 0 Å². The minimum Gasteiger partial charge on any atom is -0.481 e. The largest absolute Gasteiger partial charge is 0.481 e. The van der Waals surface area contributed by atoms with Gasteiger partial charge in [-0.1, -0.05) is 18.2 Å². The summed E-state index contributed by atoms with van der Waals surface area (Å²) in [6, 6.07) is 16.0. The van der Waals surface area contributed by atoms with Gasteiger partial charge in [0.05, 0.1) is 19.9 Å². The topological polar surface area (TPSA) is 78.7 Å². The molecule has 2 aromatic heterocycles. The van der Waals surface area contributed by atoms with E-state index in [4.69, 9.17) is 21.4 Å². The summed E-state index contributed by atoms with van der Waals surface area (Å²) in [6.45, 7) is 4.03. The van der Waals surface area contributed by atoms with Crippen LogP contribution in [0.4, 0.5) is 17.5 Å². The maximum absolute atomic E-state index is 5.37. The Morgan fingerprint density at radius 1 is 1.07 bits per heavy atom. The van der Waals surface area contributed by atoms with E-state index in [1.807, 2.05) is 24.3 Å². The molecule has 30 heavy (non-hydrogen) atoms. The predicted molar refractivity (Wildman–Crippen MR) is 121 cm³/mol. The Kier molecular flexibility index (Phi) is 6.29. The van der Waals surface area contributed by atoms with Crippen molar-refractivity contribution in [1.82, 2.24) is 15.3 Å². The quantitative estimate of drug-likeness (QED) is 0.581. The van der Waals surface area contributed by atoms with Gasteiger partial charge < -0.3 is 29.6 Å². The third-order valence-electron chi connectivity index (χ3n) is 4.85. The predicted octanol–water partition coefficient (Wildman–Crippen LogP) is 2.89. The van der Waals surface area contributed by atoms with Gasteiger partial charge in [-0.3, -0.25) is 0 Å². The van der Waals surface area contributed by atoms with Crippen LogP contribution in [0, 0.1) is 0 Å². The van der Waals surface area contributed by atoms with Crippen molar-refractivity contribution in [2.75, 3.05) is 48.4 Å². The van der Waals surface area contributed by atoms with E-state index in [0.29, 0.717) is 23.5 Å². The van der Waals surface area contributed by atoms with Gasteiger partial charge >= 0.3 is 0 Å². The number of hydrogen-bond acceptors (Lipinski definition) is 7. The van der Waals surface area contributed by atoms with E-state index in [2.05, 4.69) is 54.7 Å². The molecule has 4 rings (SSSR count). The van der Waals surface area contributed by atoms with Gasteiger partial charge in [0.15, 0.2) is 5.11 Å². The maximum Gasteiger partial charge on any atom is 0.234 e. The average Bonchev–Trinajstić information content (AvgIpc) is 3.32. The number of aromatic nitrogens is 2. The van der Waals surface area contributed by atoms with Crippen LogP contribution in [0.25, 0.3) is 0 Å². The first kappa shape index (κ1) is 20.0. The Labute approximate surface area is 180 Å². The smallest absolute Gasteiger partial charge is 0.234 e. The van der Waals surface area contributed by atoms with E-state index in [-0.39, 0.29) is 0 Å². The van der Waals surface area contributed by atoms with Crippen molar-refractivity contribution in [3.63, 3.8) is 0 Å². The first-order valence-corrected chi connectivity index (χ1v) is 10.2. The molecule has 156 valence electrons. The molecular formula is C21H24N6O2S. The van der Waals surface area contributed by atoms with Crippen LogP contribution in [0.5, 0.6) is 5.88 Å². The number of methoxy groups -OCH3 is 1. The summed E-state index contributed by atoms with van der Waals surface area (Å²) in [7, 11) is 1.59. The molecule has 0 aliphatic carbocycles. The Hall–Kier alpha value is -3.33. The van der Waals surface area contributed by atoms with Crippen LogP contribution >= 0.6 is 12.2 Å². The first-order chi connectivity index (χ1) is 14.7. The second-order valence-electron chi connectivity index (χ2n) is 6.79. The van der Waals surface area contributed by atoms with Crippen LogP contribution in [0.2, 0.25) is 0 Å². The zero-order valence-electron chi connectivity index (χ0n) is 16.7. The molecule has 1 saturated heterocycles. The van der Waals surface area contributed by atoms with Crippen LogP contribution in [0.15, 0.2) is 59.2 Å². The Morgan fingerprint density at radius 3 is 2.53 bits per heavy atom. The number of para-hydroxylation sites is 1. The number of nitrogens with zero attached hydrogens (tertiary/aromatic N) is 4. The Morgan fingerprint density at radius 2 is 1.83 bits per heavy atom. The lowest BCUT2D eigenvalue weighted by Gasteiger charge is -2.36. The van der Waals surface area contributed by atoms with E-state index >= 15 is 0 Å². The van der Waals surface area contributed by atoms with E-state index < -0.39 is 0 Å². The molecule has 1 aliphatic heterocycles. The van der Waals surface area contributed by atoms with Crippen molar-refractivity contribution in [3.05, 3.63) is 60.6 Å². The number of hydrogen-bond donors (Lipinski definition) is 2. The molecule has 0 saturated carbocycles. The summed E-state index contributed by atoms with van der Waals surface area (Å²) in [6.07, 6.45) is 1.63. The normalized spacial score (nSPS) is 13.8. The zero-order chi connectivity index (χ0) is 20.8. The van der Waals surface area contributed by atoms with Gasteiger partial charge in [-0.05, 0) is 36.5 Å². The van der Waals surface area contributed by atoms with Crippen molar-refractivity contribution >= 4 is 34.8 Å². The highest BCUT2D eigenvalue weighted by Gasteiger charge is 2.20. The molecule has 3 heterocycles. The van der Waals surface area contributed by atoms with Gasteiger partial charge in [-0.25, -0.2) is 0 Å². The molecule has 0 radical (unpaired) electrons. The summed E-state index contributed by atoms with van der Waals surface area (Å²) in [5.74, 6) is 2.49. The number of rotatable bonds is 6. The second-order valence-corrected chi connectivity index (χ2v) is 7.20. The van der Waals surface area contributed by atoms with Crippen LogP contribution in [-0.2, 0) is 6.54 Å². The van der Waals surface area contributed by atoms with Crippen molar-refractivity contribution in [2.45, 2.75) is 6.54 Å². The molecule has 1 aliphatic rings.